The van der Waals surface area contributed by atoms with Crippen LogP contribution in [-0.4, -0.2) is 36.7 Å². The highest BCUT2D eigenvalue weighted by Gasteiger charge is 2.10. The second-order valence-corrected chi connectivity index (χ2v) is 4.90. The third-order valence-corrected chi connectivity index (χ3v) is 3.08. The van der Waals surface area contributed by atoms with E-state index < -0.39 is 5.97 Å². The van der Waals surface area contributed by atoms with Crippen molar-refractivity contribution in [2.75, 3.05) is 13.7 Å². The normalized spacial score (nSPS) is 12.3. The molecule has 1 aromatic carbocycles. The maximum Gasteiger partial charge on any atom is 0.328 e. The van der Waals surface area contributed by atoms with Gasteiger partial charge < -0.3 is 15.2 Å². The Morgan fingerprint density at radius 1 is 1.43 bits per heavy atom. The van der Waals surface area contributed by atoms with Crippen molar-refractivity contribution in [3.05, 3.63) is 41.0 Å². The first-order valence-corrected chi connectivity index (χ1v) is 6.75. The summed E-state index contributed by atoms with van der Waals surface area (Å²) in [5, 5.41) is 11.6. The number of nitrogens with one attached hydrogen (secondary N) is 1. The molecule has 0 bridgehead atoms. The number of methoxy groups -OCH3 is 1. The quantitative estimate of drug-likeness (QED) is 0.755. The van der Waals surface area contributed by atoms with Gasteiger partial charge in [-0.25, -0.2) is 4.79 Å². The zero-order valence-corrected chi connectivity index (χ0v) is 12.6. The summed E-state index contributed by atoms with van der Waals surface area (Å²) in [6.07, 6.45) is 3.29. The average Bonchev–Trinajstić information content (AvgIpc) is 2.43. The minimum absolute atomic E-state index is 0.0109. The van der Waals surface area contributed by atoms with Crippen LogP contribution in [-0.2, 0) is 9.53 Å². The Bertz CT molecular complexity index is 537. The smallest absolute Gasteiger partial charge is 0.328 e. The zero-order valence-electron chi connectivity index (χ0n) is 12.6. The second kappa shape index (κ2) is 8.21. The Morgan fingerprint density at radius 3 is 2.76 bits per heavy atom. The van der Waals surface area contributed by atoms with Crippen molar-refractivity contribution in [3.8, 4) is 0 Å². The lowest BCUT2D eigenvalue weighted by Crippen LogP contribution is -2.33. The van der Waals surface area contributed by atoms with Crippen molar-refractivity contribution in [1.29, 1.82) is 0 Å². The lowest BCUT2D eigenvalue weighted by molar-refractivity contribution is -0.131. The molecule has 5 nitrogen and oxygen atoms in total. The first kappa shape index (κ1) is 16.9. The van der Waals surface area contributed by atoms with E-state index in [9.17, 15) is 9.59 Å². The minimum Gasteiger partial charge on any atom is -0.478 e. The fraction of sp³-hybridized carbons (Fsp3) is 0.375. The fourth-order valence-corrected chi connectivity index (χ4v) is 1.80. The molecule has 0 heterocycles. The predicted molar refractivity (Wildman–Crippen MR) is 81.3 cm³/mol. The summed E-state index contributed by atoms with van der Waals surface area (Å²) in [5.74, 6) is -1.19. The number of aliphatic carboxylic acids is 1. The van der Waals surface area contributed by atoms with Crippen LogP contribution in [0.1, 0.15) is 34.8 Å². The highest BCUT2D eigenvalue weighted by atomic mass is 16.5. The van der Waals surface area contributed by atoms with Gasteiger partial charge in [-0.15, -0.1) is 0 Å². The molecule has 1 amide bonds. The maximum atomic E-state index is 12.1. The Kier molecular flexibility index (Phi) is 6.62. The molecular formula is C16H21NO4. The molecule has 1 unspecified atom stereocenters. The van der Waals surface area contributed by atoms with Crippen LogP contribution in [0.5, 0.6) is 0 Å². The molecule has 0 saturated heterocycles. The summed E-state index contributed by atoms with van der Waals surface area (Å²) < 4.78 is 4.97. The Balaban J connectivity index is 2.81. The lowest BCUT2D eigenvalue weighted by atomic mass is 10.0. The van der Waals surface area contributed by atoms with E-state index >= 15 is 0 Å². The molecule has 0 aliphatic heterocycles. The summed E-state index contributed by atoms with van der Waals surface area (Å²) in [6, 6.07) is 5.23. The first-order chi connectivity index (χ1) is 9.93. The van der Waals surface area contributed by atoms with E-state index in [1.807, 2.05) is 13.8 Å². The summed E-state index contributed by atoms with van der Waals surface area (Å²) in [6.45, 7) is 4.36. The van der Waals surface area contributed by atoms with Gasteiger partial charge in [0.15, 0.2) is 0 Å². The number of aryl methyl sites for hydroxylation is 1. The van der Waals surface area contributed by atoms with Crippen LogP contribution in [0.2, 0.25) is 0 Å². The van der Waals surface area contributed by atoms with Gasteiger partial charge in [0.05, 0.1) is 0 Å². The third kappa shape index (κ3) is 5.79. The van der Waals surface area contributed by atoms with Gasteiger partial charge in [0.1, 0.15) is 0 Å². The van der Waals surface area contributed by atoms with E-state index in [1.165, 1.54) is 6.08 Å². The van der Waals surface area contributed by atoms with Gasteiger partial charge in [-0.2, -0.15) is 0 Å². The number of carbonyl (C=O) groups excluding carboxylic acids is 1. The van der Waals surface area contributed by atoms with Crippen LogP contribution in [0, 0.1) is 6.92 Å². The number of rotatable bonds is 7. The molecule has 0 fully saturated rings. The number of carbonyl (C=O) groups is 2. The number of amides is 1. The van der Waals surface area contributed by atoms with Crippen LogP contribution in [0.15, 0.2) is 24.3 Å². The van der Waals surface area contributed by atoms with E-state index in [-0.39, 0.29) is 11.9 Å². The molecular weight excluding hydrogens is 270 g/mol. The van der Waals surface area contributed by atoms with E-state index in [1.54, 1.807) is 25.3 Å². The summed E-state index contributed by atoms with van der Waals surface area (Å²) in [7, 11) is 1.62. The summed E-state index contributed by atoms with van der Waals surface area (Å²) in [5.41, 5.74) is 2.14. The van der Waals surface area contributed by atoms with E-state index in [0.29, 0.717) is 12.2 Å². The van der Waals surface area contributed by atoms with Crippen molar-refractivity contribution in [1.82, 2.24) is 5.32 Å². The molecule has 0 aliphatic carbocycles. The van der Waals surface area contributed by atoms with Gasteiger partial charge >= 0.3 is 5.97 Å². The Labute approximate surface area is 124 Å². The van der Waals surface area contributed by atoms with E-state index in [0.717, 1.165) is 23.6 Å². The SMILES string of the molecule is COCCC(C)NC(=O)c1ccc(C)c(/C=C/C(=O)O)c1. The molecule has 0 saturated carbocycles. The number of hydrogen-bond donors (Lipinski definition) is 2. The van der Waals surface area contributed by atoms with E-state index in [2.05, 4.69) is 5.32 Å². The molecule has 0 aliphatic rings. The van der Waals surface area contributed by atoms with Gasteiger partial charge in [-0.3, -0.25) is 4.79 Å². The summed E-state index contributed by atoms with van der Waals surface area (Å²) in [4.78, 5) is 22.7. The van der Waals surface area contributed by atoms with Crippen molar-refractivity contribution < 1.29 is 19.4 Å². The molecule has 2 N–H and O–H groups in total. The van der Waals surface area contributed by atoms with Crippen LogP contribution in [0.4, 0.5) is 0 Å². The van der Waals surface area contributed by atoms with E-state index in [4.69, 9.17) is 9.84 Å². The fourth-order valence-electron chi connectivity index (χ4n) is 1.80. The number of carboxylic acids is 1. The van der Waals surface area contributed by atoms with Gasteiger partial charge in [-0.1, -0.05) is 6.07 Å². The molecule has 114 valence electrons. The number of ether oxygens (including phenoxy) is 1. The van der Waals surface area contributed by atoms with Gasteiger partial charge in [0.25, 0.3) is 5.91 Å². The number of carboxylic acid groups (broad SMARTS) is 1. The van der Waals surface area contributed by atoms with Gasteiger partial charge in [-0.05, 0) is 49.6 Å². The zero-order chi connectivity index (χ0) is 15.8. The van der Waals surface area contributed by atoms with Crippen LogP contribution < -0.4 is 5.32 Å². The van der Waals surface area contributed by atoms with Crippen molar-refractivity contribution in [2.45, 2.75) is 26.3 Å². The standard InChI is InChI=1S/C16H21NO4/c1-11-4-5-14(10-13(11)6-7-15(18)19)16(20)17-12(2)8-9-21-3/h4-7,10,12H,8-9H2,1-3H3,(H,17,20)(H,18,19)/b7-6+. The highest BCUT2D eigenvalue weighted by Crippen LogP contribution is 2.13. The molecule has 0 spiro atoms. The van der Waals surface area contributed by atoms with Gasteiger partial charge in [0.2, 0.25) is 0 Å². The number of hydrogen-bond acceptors (Lipinski definition) is 3. The van der Waals surface area contributed by atoms with Crippen LogP contribution in [0.25, 0.3) is 6.08 Å². The minimum atomic E-state index is -1.02. The molecule has 21 heavy (non-hydrogen) atoms. The van der Waals surface area contributed by atoms with Crippen molar-refractivity contribution in [3.63, 3.8) is 0 Å². The van der Waals surface area contributed by atoms with Crippen LogP contribution in [0.3, 0.4) is 0 Å². The van der Waals surface area contributed by atoms with Crippen LogP contribution >= 0.6 is 0 Å². The highest BCUT2D eigenvalue weighted by molar-refractivity contribution is 5.95. The summed E-state index contributed by atoms with van der Waals surface area (Å²) >= 11 is 0. The largest absolute Gasteiger partial charge is 0.478 e. The molecule has 1 aromatic rings. The topological polar surface area (TPSA) is 75.6 Å². The van der Waals surface area contributed by atoms with Crippen molar-refractivity contribution >= 4 is 18.0 Å². The van der Waals surface area contributed by atoms with Crippen molar-refractivity contribution in [2.24, 2.45) is 0 Å². The lowest BCUT2D eigenvalue weighted by Gasteiger charge is -2.14. The molecule has 1 atom stereocenters. The maximum absolute atomic E-state index is 12.1. The molecule has 0 radical (unpaired) electrons. The molecule has 1 rings (SSSR count). The third-order valence-electron chi connectivity index (χ3n) is 3.08. The second-order valence-electron chi connectivity index (χ2n) is 4.90. The predicted octanol–water partition coefficient (Wildman–Crippen LogP) is 2.25. The molecule has 5 heteroatoms. The van der Waals surface area contributed by atoms with Gasteiger partial charge in [0, 0.05) is 31.4 Å². The Morgan fingerprint density at radius 2 is 2.14 bits per heavy atom. The number of benzene rings is 1. The monoisotopic (exact) mass is 291 g/mol. The molecule has 0 aromatic heterocycles. The first-order valence-electron chi connectivity index (χ1n) is 6.75. The Hall–Kier alpha value is -2.14. The average molecular weight is 291 g/mol.